The minimum absolute atomic E-state index is 0.184. The molecule has 3 N–H and O–H groups in total. The minimum atomic E-state index is -0.184. The van der Waals surface area contributed by atoms with Gasteiger partial charge in [0.25, 0.3) is 0 Å². The second-order valence-corrected chi connectivity index (χ2v) is 3.02. The number of aliphatic hydroxyl groups is 1. The first-order valence-electron chi connectivity index (χ1n) is 4.90. The van der Waals surface area contributed by atoms with E-state index in [1.54, 1.807) is 0 Å². The molecular formula is C9H22N2O. The third-order valence-electron chi connectivity index (χ3n) is 1.76. The van der Waals surface area contributed by atoms with Crippen LogP contribution in [0.2, 0.25) is 0 Å². The first kappa shape index (κ1) is 11.9. The van der Waals surface area contributed by atoms with Gasteiger partial charge in [-0.05, 0) is 19.4 Å². The van der Waals surface area contributed by atoms with Crippen molar-refractivity contribution in [2.24, 2.45) is 0 Å². The summed E-state index contributed by atoms with van der Waals surface area (Å²) in [6, 6.07) is 0. The lowest BCUT2D eigenvalue weighted by Gasteiger charge is -2.09. The minimum Gasteiger partial charge on any atom is -0.392 e. The topological polar surface area (TPSA) is 44.3 Å². The molecule has 1 unspecified atom stereocenters. The summed E-state index contributed by atoms with van der Waals surface area (Å²) < 4.78 is 0. The molecule has 0 aromatic rings. The molecule has 12 heavy (non-hydrogen) atoms. The van der Waals surface area contributed by atoms with E-state index >= 15 is 0 Å². The monoisotopic (exact) mass is 174 g/mol. The van der Waals surface area contributed by atoms with Crippen molar-refractivity contribution in [1.82, 2.24) is 10.6 Å². The van der Waals surface area contributed by atoms with Crippen molar-refractivity contribution < 1.29 is 5.11 Å². The largest absolute Gasteiger partial charge is 0.392 e. The molecule has 0 aliphatic heterocycles. The summed E-state index contributed by atoms with van der Waals surface area (Å²) in [5.41, 5.74) is 0. The van der Waals surface area contributed by atoms with Crippen LogP contribution in [0.3, 0.4) is 0 Å². The molecule has 0 rings (SSSR count). The molecule has 0 bridgehead atoms. The Morgan fingerprint density at radius 1 is 1.08 bits per heavy atom. The van der Waals surface area contributed by atoms with E-state index < -0.39 is 0 Å². The molecule has 0 aromatic heterocycles. The fourth-order valence-electron chi connectivity index (χ4n) is 0.892. The van der Waals surface area contributed by atoms with E-state index in [0.29, 0.717) is 6.54 Å². The van der Waals surface area contributed by atoms with Crippen LogP contribution in [0, 0.1) is 0 Å². The molecule has 1 atom stereocenters. The molecule has 0 saturated heterocycles. The highest BCUT2D eigenvalue weighted by molar-refractivity contribution is 4.57. The highest BCUT2D eigenvalue weighted by Crippen LogP contribution is 1.84. The smallest absolute Gasteiger partial charge is 0.0662 e. The van der Waals surface area contributed by atoms with Gasteiger partial charge in [0.05, 0.1) is 6.10 Å². The Morgan fingerprint density at radius 3 is 2.33 bits per heavy atom. The van der Waals surface area contributed by atoms with E-state index in [1.807, 2.05) is 6.92 Å². The average molecular weight is 174 g/mol. The summed E-state index contributed by atoms with van der Waals surface area (Å²) in [6.07, 6.45) is 1.82. The molecule has 0 aliphatic rings. The predicted octanol–water partition coefficient (Wildman–Crippen LogP) is 0.346. The number of rotatable bonds is 8. The molecule has 3 heteroatoms. The van der Waals surface area contributed by atoms with Crippen molar-refractivity contribution in [3.8, 4) is 0 Å². The quantitative estimate of drug-likeness (QED) is 0.465. The lowest BCUT2D eigenvalue weighted by molar-refractivity contribution is 0.167. The molecule has 0 aromatic carbocycles. The summed E-state index contributed by atoms with van der Waals surface area (Å²) in [5, 5.41) is 15.6. The van der Waals surface area contributed by atoms with Gasteiger partial charge in [-0.25, -0.2) is 0 Å². The van der Waals surface area contributed by atoms with Crippen molar-refractivity contribution in [3.63, 3.8) is 0 Å². The van der Waals surface area contributed by atoms with Crippen molar-refractivity contribution in [2.75, 3.05) is 26.2 Å². The Labute approximate surface area is 75.6 Å². The van der Waals surface area contributed by atoms with Gasteiger partial charge in [0.15, 0.2) is 0 Å². The average Bonchev–Trinajstić information content (AvgIpc) is 2.10. The Balaban J connectivity index is 2.90. The van der Waals surface area contributed by atoms with Gasteiger partial charge >= 0.3 is 0 Å². The van der Waals surface area contributed by atoms with Crippen LogP contribution in [-0.2, 0) is 0 Å². The van der Waals surface area contributed by atoms with Gasteiger partial charge in [0.2, 0.25) is 0 Å². The Morgan fingerprint density at radius 2 is 1.75 bits per heavy atom. The van der Waals surface area contributed by atoms with E-state index in [4.69, 9.17) is 0 Å². The van der Waals surface area contributed by atoms with Crippen LogP contribution in [-0.4, -0.2) is 37.4 Å². The zero-order valence-electron chi connectivity index (χ0n) is 8.27. The summed E-state index contributed by atoms with van der Waals surface area (Å²) in [5.74, 6) is 0. The molecule has 0 saturated carbocycles. The van der Waals surface area contributed by atoms with Crippen molar-refractivity contribution in [1.29, 1.82) is 0 Å². The molecular weight excluding hydrogens is 152 g/mol. The van der Waals surface area contributed by atoms with Crippen LogP contribution in [0.25, 0.3) is 0 Å². The molecule has 0 heterocycles. The third-order valence-corrected chi connectivity index (χ3v) is 1.76. The predicted molar refractivity (Wildman–Crippen MR) is 52.3 cm³/mol. The van der Waals surface area contributed by atoms with Crippen LogP contribution < -0.4 is 10.6 Å². The zero-order chi connectivity index (χ0) is 9.23. The highest BCUT2D eigenvalue weighted by atomic mass is 16.3. The lowest BCUT2D eigenvalue weighted by Crippen LogP contribution is -2.32. The summed E-state index contributed by atoms with van der Waals surface area (Å²) >= 11 is 0. The van der Waals surface area contributed by atoms with Gasteiger partial charge in [0, 0.05) is 19.6 Å². The first-order valence-corrected chi connectivity index (χ1v) is 4.90. The van der Waals surface area contributed by atoms with Crippen molar-refractivity contribution in [2.45, 2.75) is 32.8 Å². The third kappa shape index (κ3) is 7.98. The number of nitrogens with one attached hydrogen (secondary N) is 2. The van der Waals surface area contributed by atoms with Crippen molar-refractivity contribution in [3.05, 3.63) is 0 Å². The van der Waals surface area contributed by atoms with Gasteiger partial charge in [-0.1, -0.05) is 13.8 Å². The molecule has 3 nitrogen and oxygen atoms in total. The summed E-state index contributed by atoms with van der Waals surface area (Å²) in [4.78, 5) is 0. The second-order valence-electron chi connectivity index (χ2n) is 3.02. The number of aliphatic hydroxyl groups excluding tert-OH is 1. The Bertz CT molecular complexity index is 88.6. The molecule has 0 amide bonds. The molecule has 0 aliphatic carbocycles. The maximum absolute atomic E-state index is 9.18. The lowest BCUT2D eigenvalue weighted by atomic mass is 10.3. The molecule has 0 spiro atoms. The van der Waals surface area contributed by atoms with Gasteiger partial charge in [-0.15, -0.1) is 0 Å². The van der Waals surface area contributed by atoms with Crippen LogP contribution >= 0.6 is 0 Å². The fourth-order valence-corrected chi connectivity index (χ4v) is 0.892. The Hall–Kier alpha value is -0.120. The van der Waals surface area contributed by atoms with Gasteiger partial charge in [0.1, 0.15) is 0 Å². The van der Waals surface area contributed by atoms with E-state index in [-0.39, 0.29) is 6.10 Å². The SMILES string of the molecule is CCCNCCNCC(O)CC. The number of hydrogen-bond donors (Lipinski definition) is 3. The van der Waals surface area contributed by atoms with Crippen LogP contribution in [0.1, 0.15) is 26.7 Å². The van der Waals surface area contributed by atoms with Crippen molar-refractivity contribution >= 4 is 0 Å². The standard InChI is InChI=1S/C9H22N2O/c1-3-5-10-6-7-11-8-9(12)4-2/h9-12H,3-8H2,1-2H3. The van der Waals surface area contributed by atoms with E-state index in [0.717, 1.165) is 26.1 Å². The zero-order valence-corrected chi connectivity index (χ0v) is 8.27. The molecule has 0 radical (unpaired) electrons. The van der Waals surface area contributed by atoms with Gasteiger partial charge in [-0.2, -0.15) is 0 Å². The maximum atomic E-state index is 9.18. The van der Waals surface area contributed by atoms with E-state index in [2.05, 4.69) is 17.6 Å². The van der Waals surface area contributed by atoms with Crippen LogP contribution in [0.4, 0.5) is 0 Å². The van der Waals surface area contributed by atoms with E-state index in [1.165, 1.54) is 6.42 Å². The first-order chi connectivity index (χ1) is 5.81. The Kier molecular flexibility index (Phi) is 8.88. The highest BCUT2D eigenvalue weighted by Gasteiger charge is 1.97. The summed E-state index contributed by atoms with van der Waals surface area (Å²) in [7, 11) is 0. The maximum Gasteiger partial charge on any atom is 0.0662 e. The molecule has 74 valence electrons. The number of hydrogen-bond acceptors (Lipinski definition) is 3. The van der Waals surface area contributed by atoms with Gasteiger partial charge in [-0.3, -0.25) is 0 Å². The van der Waals surface area contributed by atoms with Crippen LogP contribution in [0.15, 0.2) is 0 Å². The fraction of sp³-hybridized carbons (Fsp3) is 1.00. The van der Waals surface area contributed by atoms with Gasteiger partial charge < -0.3 is 15.7 Å². The normalized spacial score (nSPS) is 13.2. The van der Waals surface area contributed by atoms with Crippen LogP contribution in [0.5, 0.6) is 0 Å². The second kappa shape index (κ2) is 8.97. The van der Waals surface area contributed by atoms with E-state index in [9.17, 15) is 5.11 Å². The summed E-state index contributed by atoms with van der Waals surface area (Å²) in [6.45, 7) is 7.87. The molecule has 0 fully saturated rings.